The third kappa shape index (κ3) is 6.16. The van der Waals surface area contributed by atoms with Gasteiger partial charge in [0.25, 0.3) is 10.0 Å². The Kier molecular flexibility index (Phi) is 7.35. The van der Waals surface area contributed by atoms with Gasteiger partial charge in [0.2, 0.25) is 5.96 Å². The molecule has 4 aromatic rings. The fraction of sp³-hybridized carbons (Fsp3) is 0.0400. The second-order valence-electron chi connectivity index (χ2n) is 7.52. The molecule has 4 rings (SSSR count). The highest BCUT2D eigenvalue weighted by molar-refractivity contribution is 7.90. The number of sulfonamides is 1. The summed E-state index contributed by atoms with van der Waals surface area (Å²) >= 11 is 12.1. The highest BCUT2D eigenvalue weighted by atomic mass is 35.5. The van der Waals surface area contributed by atoms with Crippen LogP contribution in [0.5, 0.6) is 0 Å². The lowest BCUT2D eigenvalue weighted by Crippen LogP contribution is -2.32. The zero-order valence-corrected chi connectivity index (χ0v) is 20.4. The maximum absolute atomic E-state index is 13.4. The topological polar surface area (TPSA) is 97.4 Å². The third-order valence-electron chi connectivity index (χ3n) is 5.00. The van der Waals surface area contributed by atoms with Crippen LogP contribution in [0.2, 0.25) is 10.0 Å². The largest absolute Gasteiger partial charge is 0.369 e. The Bertz CT molecular complexity index is 1490. The third-order valence-corrected chi connectivity index (χ3v) is 6.79. The number of nitrogens with two attached hydrogens (primary N) is 1. The van der Waals surface area contributed by atoms with Gasteiger partial charge in [0.05, 0.1) is 10.6 Å². The van der Waals surface area contributed by atoms with Gasteiger partial charge in [-0.15, -0.1) is 4.40 Å². The number of benzene rings is 3. The Morgan fingerprint density at radius 1 is 0.943 bits per heavy atom. The Balaban J connectivity index is 1.62. The molecule has 0 atom stereocenters. The number of halogens is 3. The van der Waals surface area contributed by atoms with E-state index in [1.165, 1.54) is 12.1 Å². The van der Waals surface area contributed by atoms with Crippen molar-refractivity contribution < 1.29 is 12.8 Å². The normalized spacial score (nSPS) is 11.9. The van der Waals surface area contributed by atoms with Crippen LogP contribution in [0.25, 0.3) is 22.4 Å². The van der Waals surface area contributed by atoms with Crippen LogP contribution in [0.1, 0.15) is 5.56 Å². The van der Waals surface area contributed by atoms with E-state index in [0.717, 1.165) is 40.1 Å². The van der Waals surface area contributed by atoms with E-state index in [1.54, 1.807) is 30.5 Å². The summed E-state index contributed by atoms with van der Waals surface area (Å²) in [6, 6.07) is 21.1. The molecule has 178 valence electrons. The quantitative estimate of drug-likeness (QED) is 0.248. The van der Waals surface area contributed by atoms with E-state index in [9.17, 15) is 12.8 Å². The van der Waals surface area contributed by atoms with Crippen molar-refractivity contribution >= 4 is 39.2 Å². The lowest BCUT2D eigenvalue weighted by Gasteiger charge is -2.13. The van der Waals surface area contributed by atoms with Gasteiger partial charge in [0.1, 0.15) is 5.82 Å². The molecule has 0 aliphatic carbocycles. The monoisotopic (exact) mass is 528 g/mol. The summed E-state index contributed by atoms with van der Waals surface area (Å²) < 4.78 is 41.7. The molecule has 1 aromatic heterocycles. The van der Waals surface area contributed by atoms with Crippen LogP contribution in [-0.4, -0.2) is 19.4 Å². The molecule has 3 N–H and O–H groups in total. The molecule has 0 aliphatic rings. The molecular weight excluding hydrogens is 510 g/mol. The minimum Gasteiger partial charge on any atom is -0.369 e. The van der Waals surface area contributed by atoms with Crippen LogP contribution in [0, 0.1) is 5.82 Å². The molecule has 0 unspecified atom stereocenters. The molecule has 10 heteroatoms. The summed E-state index contributed by atoms with van der Waals surface area (Å²) in [4.78, 5) is 4.34. The Hall–Kier alpha value is -3.46. The Morgan fingerprint density at radius 3 is 2.20 bits per heavy atom. The predicted molar refractivity (Wildman–Crippen MR) is 137 cm³/mol. The Morgan fingerprint density at radius 2 is 1.57 bits per heavy atom. The lowest BCUT2D eigenvalue weighted by atomic mass is 9.98. The molecule has 6 nitrogen and oxygen atoms in total. The minimum absolute atomic E-state index is 0.155. The van der Waals surface area contributed by atoms with Crippen LogP contribution in [0.15, 0.2) is 94.4 Å². The number of nitrogens with zero attached hydrogens (tertiary/aromatic N) is 2. The van der Waals surface area contributed by atoms with Crippen LogP contribution in [0.4, 0.5) is 4.39 Å². The molecular formula is C25H19Cl2FN4O2S. The Labute approximate surface area is 212 Å². The van der Waals surface area contributed by atoms with Crippen molar-refractivity contribution in [3.63, 3.8) is 0 Å². The number of hydrogen-bond donors (Lipinski definition) is 2. The highest BCUT2D eigenvalue weighted by Gasteiger charge is 2.15. The highest BCUT2D eigenvalue weighted by Crippen LogP contribution is 2.32. The molecule has 0 bridgehead atoms. The van der Waals surface area contributed by atoms with Crippen LogP contribution < -0.4 is 11.1 Å². The van der Waals surface area contributed by atoms with E-state index in [2.05, 4.69) is 14.7 Å². The van der Waals surface area contributed by atoms with Gasteiger partial charge >= 0.3 is 0 Å². The van der Waals surface area contributed by atoms with Crippen molar-refractivity contribution in [3.8, 4) is 22.4 Å². The van der Waals surface area contributed by atoms with Crippen LogP contribution in [0.3, 0.4) is 0 Å². The van der Waals surface area contributed by atoms with Gasteiger partial charge in [-0.1, -0.05) is 53.5 Å². The summed E-state index contributed by atoms with van der Waals surface area (Å²) in [6.45, 7) is 0.155. The van der Waals surface area contributed by atoms with E-state index in [-0.39, 0.29) is 17.4 Å². The summed E-state index contributed by atoms with van der Waals surface area (Å²) in [6.07, 6.45) is 1.66. The van der Waals surface area contributed by atoms with E-state index >= 15 is 0 Å². The molecule has 0 fully saturated rings. The minimum atomic E-state index is -4.17. The molecule has 0 saturated heterocycles. The van der Waals surface area contributed by atoms with E-state index < -0.39 is 15.8 Å². The van der Waals surface area contributed by atoms with Gasteiger partial charge < -0.3 is 11.1 Å². The van der Waals surface area contributed by atoms with Crippen LogP contribution >= 0.6 is 23.2 Å². The fourth-order valence-electron chi connectivity index (χ4n) is 3.33. The first-order chi connectivity index (χ1) is 16.7. The first-order valence-electron chi connectivity index (χ1n) is 10.3. The van der Waals surface area contributed by atoms with Gasteiger partial charge in [-0.2, -0.15) is 8.42 Å². The molecule has 0 spiro atoms. The van der Waals surface area contributed by atoms with Crippen LogP contribution in [-0.2, 0) is 16.6 Å². The second kappa shape index (κ2) is 10.4. The molecule has 3 aromatic carbocycles. The van der Waals surface area contributed by atoms with E-state index in [4.69, 9.17) is 28.9 Å². The van der Waals surface area contributed by atoms with Crippen molar-refractivity contribution in [1.82, 2.24) is 10.3 Å². The van der Waals surface area contributed by atoms with Gasteiger partial charge in [-0.05, 0) is 59.7 Å². The summed E-state index contributed by atoms with van der Waals surface area (Å²) in [7, 11) is -4.17. The van der Waals surface area contributed by atoms with Crippen molar-refractivity contribution in [1.29, 1.82) is 0 Å². The molecule has 0 amide bonds. The van der Waals surface area contributed by atoms with Gasteiger partial charge in [0.15, 0.2) is 0 Å². The first kappa shape index (κ1) is 24.7. The average molecular weight is 529 g/mol. The number of aromatic nitrogens is 1. The predicted octanol–water partition coefficient (Wildman–Crippen LogP) is 5.65. The number of nitrogens with one attached hydrogen (secondary N) is 1. The van der Waals surface area contributed by atoms with Crippen molar-refractivity contribution in [2.45, 2.75) is 11.4 Å². The second-order valence-corrected chi connectivity index (χ2v) is 9.99. The maximum Gasteiger partial charge on any atom is 0.285 e. The molecule has 0 saturated carbocycles. The van der Waals surface area contributed by atoms with E-state index in [1.807, 2.05) is 30.3 Å². The van der Waals surface area contributed by atoms with Crippen molar-refractivity contribution in [3.05, 3.63) is 106 Å². The number of pyridine rings is 1. The molecule has 0 aliphatic heterocycles. The van der Waals surface area contributed by atoms with Gasteiger partial charge in [-0.3, -0.25) is 4.98 Å². The fourth-order valence-corrected chi connectivity index (χ4v) is 4.52. The van der Waals surface area contributed by atoms with Crippen molar-refractivity contribution in [2.24, 2.45) is 10.1 Å². The summed E-state index contributed by atoms with van der Waals surface area (Å²) in [5, 5.41) is 3.99. The number of rotatable bonds is 6. The average Bonchev–Trinajstić information content (AvgIpc) is 2.83. The molecule has 1 heterocycles. The summed E-state index contributed by atoms with van der Waals surface area (Å²) in [5.41, 5.74) is 9.88. The zero-order valence-electron chi connectivity index (χ0n) is 18.1. The first-order valence-corrected chi connectivity index (χ1v) is 12.5. The number of guanidine groups is 1. The molecule has 0 radical (unpaired) electrons. The lowest BCUT2D eigenvalue weighted by molar-refractivity contribution is 0.592. The van der Waals surface area contributed by atoms with E-state index in [0.29, 0.717) is 10.0 Å². The van der Waals surface area contributed by atoms with Crippen molar-refractivity contribution in [2.75, 3.05) is 0 Å². The number of hydrogen-bond acceptors (Lipinski definition) is 3. The van der Waals surface area contributed by atoms with Gasteiger partial charge in [0, 0.05) is 33.9 Å². The standard InChI is InChI=1S/C25H19Cl2FN4O2S/c26-19-8-4-17(5-9-19)23-12-16(14-30-24(23)18-6-10-20(27)11-7-18)15-31-25(29)32-35(33,34)22-3-1-2-21(28)13-22/h1-14H,15H2,(H3,29,31,32). The zero-order chi connectivity index (χ0) is 25.0. The van der Waals surface area contributed by atoms with Gasteiger partial charge in [-0.25, -0.2) is 4.39 Å². The maximum atomic E-state index is 13.4. The molecule has 35 heavy (non-hydrogen) atoms. The SMILES string of the molecule is NC(=NS(=O)(=O)c1cccc(F)c1)NCc1cnc(-c2ccc(Cl)cc2)c(-c2ccc(Cl)cc2)c1. The smallest absolute Gasteiger partial charge is 0.285 e. The summed E-state index contributed by atoms with van der Waals surface area (Å²) in [5.74, 6) is -1.02.